The van der Waals surface area contributed by atoms with Crippen molar-refractivity contribution in [1.82, 2.24) is 10.3 Å². The number of rotatable bonds is 7. The number of nitrogens with one attached hydrogen (secondary N) is 1. The Morgan fingerprint density at radius 3 is 2.54 bits per heavy atom. The van der Waals surface area contributed by atoms with Crippen molar-refractivity contribution in [2.45, 2.75) is 20.5 Å². The van der Waals surface area contributed by atoms with Crippen LogP contribution in [0.25, 0.3) is 10.6 Å². The normalized spacial score (nSPS) is 10.7. The molecule has 1 N–H and O–H groups in total. The molecule has 1 amide bonds. The summed E-state index contributed by atoms with van der Waals surface area (Å²) in [6, 6.07) is 17.9. The van der Waals surface area contributed by atoms with Gasteiger partial charge in [0.15, 0.2) is 0 Å². The molecule has 2 aromatic carbocycles. The third-order valence-corrected chi connectivity index (χ3v) is 4.65. The Labute approximate surface area is 157 Å². The third kappa shape index (κ3) is 4.92. The van der Waals surface area contributed by atoms with Crippen molar-refractivity contribution in [2.24, 2.45) is 5.92 Å². The van der Waals surface area contributed by atoms with Crippen LogP contribution >= 0.6 is 11.3 Å². The number of carbonyl (C=O) groups is 1. The number of aromatic nitrogens is 1. The minimum Gasteiger partial charge on any atom is -0.489 e. The molecule has 1 aromatic heterocycles. The van der Waals surface area contributed by atoms with Gasteiger partial charge in [-0.15, -0.1) is 11.3 Å². The maximum absolute atomic E-state index is 12.1. The van der Waals surface area contributed by atoms with E-state index < -0.39 is 0 Å². The number of amides is 1. The van der Waals surface area contributed by atoms with Crippen molar-refractivity contribution >= 4 is 17.2 Å². The molecule has 0 spiro atoms. The zero-order chi connectivity index (χ0) is 18.4. The number of hydrogen-bond donors (Lipinski definition) is 1. The second-order valence-electron chi connectivity index (χ2n) is 6.44. The molecule has 4 nitrogen and oxygen atoms in total. The predicted octanol–water partition coefficient (Wildman–Crippen LogP) is 4.77. The van der Waals surface area contributed by atoms with E-state index in [-0.39, 0.29) is 5.91 Å². The van der Waals surface area contributed by atoms with Gasteiger partial charge in [0.25, 0.3) is 5.91 Å². The smallest absolute Gasteiger partial charge is 0.270 e. The summed E-state index contributed by atoms with van der Waals surface area (Å²) in [6.45, 7) is 5.32. The van der Waals surface area contributed by atoms with E-state index >= 15 is 0 Å². The minimum atomic E-state index is -0.121. The molecule has 134 valence electrons. The van der Waals surface area contributed by atoms with Crippen molar-refractivity contribution < 1.29 is 9.53 Å². The van der Waals surface area contributed by atoms with Gasteiger partial charge in [-0.05, 0) is 35.7 Å². The molecular weight excluding hydrogens is 344 g/mol. The summed E-state index contributed by atoms with van der Waals surface area (Å²) >= 11 is 1.47. The number of nitrogens with zero attached hydrogens (tertiary/aromatic N) is 1. The van der Waals surface area contributed by atoms with Crippen LogP contribution in [-0.2, 0) is 6.61 Å². The van der Waals surface area contributed by atoms with Crippen LogP contribution < -0.4 is 10.1 Å². The second kappa shape index (κ2) is 8.63. The monoisotopic (exact) mass is 366 g/mol. The topological polar surface area (TPSA) is 51.2 Å². The number of carbonyl (C=O) groups excluding carboxylic acids is 1. The van der Waals surface area contributed by atoms with Crippen molar-refractivity contribution in [3.63, 3.8) is 0 Å². The lowest BCUT2D eigenvalue weighted by molar-refractivity contribution is 0.0945. The SMILES string of the molecule is CC(C)CNC(=O)c1csc(-c2ccc(OCc3ccccc3)cc2)n1. The summed E-state index contributed by atoms with van der Waals surface area (Å²) in [5.74, 6) is 1.11. The van der Waals surface area contributed by atoms with Crippen molar-refractivity contribution in [3.05, 3.63) is 71.2 Å². The largest absolute Gasteiger partial charge is 0.489 e. The Hall–Kier alpha value is -2.66. The maximum Gasteiger partial charge on any atom is 0.270 e. The van der Waals surface area contributed by atoms with Crippen molar-refractivity contribution in [2.75, 3.05) is 6.54 Å². The molecule has 0 aliphatic rings. The van der Waals surface area contributed by atoms with Crippen LogP contribution in [0.3, 0.4) is 0 Å². The highest BCUT2D eigenvalue weighted by molar-refractivity contribution is 7.13. The summed E-state index contributed by atoms with van der Waals surface area (Å²) in [5.41, 5.74) is 2.58. The molecule has 0 fully saturated rings. The van der Waals surface area contributed by atoms with Crippen LogP contribution in [0, 0.1) is 5.92 Å². The van der Waals surface area contributed by atoms with Crippen LogP contribution in [0.15, 0.2) is 60.0 Å². The summed E-state index contributed by atoms with van der Waals surface area (Å²) in [6.07, 6.45) is 0. The van der Waals surface area contributed by atoms with E-state index in [0.29, 0.717) is 24.8 Å². The van der Waals surface area contributed by atoms with E-state index in [1.54, 1.807) is 5.38 Å². The number of ether oxygens (including phenoxy) is 1. The quantitative estimate of drug-likeness (QED) is 0.655. The standard InChI is InChI=1S/C21H22N2O2S/c1-15(2)12-22-20(24)19-14-26-21(23-19)17-8-10-18(11-9-17)25-13-16-6-4-3-5-7-16/h3-11,14-15H,12-13H2,1-2H3,(H,22,24). The van der Waals surface area contributed by atoms with Gasteiger partial charge in [0.1, 0.15) is 23.1 Å². The highest BCUT2D eigenvalue weighted by Crippen LogP contribution is 2.26. The number of benzene rings is 2. The average Bonchev–Trinajstić information content (AvgIpc) is 3.16. The van der Waals surface area contributed by atoms with Crippen LogP contribution in [0.4, 0.5) is 0 Å². The van der Waals surface area contributed by atoms with Gasteiger partial charge >= 0.3 is 0 Å². The Balaban J connectivity index is 1.61. The van der Waals surface area contributed by atoms with E-state index in [2.05, 4.69) is 24.1 Å². The van der Waals surface area contributed by atoms with E-state index in [0.717, 1.165) is 21.9 Å². The van der Waals surface area contributed by atoms with Crippen LogP contribution in [0.5, 0.6) is 5.75 Å². The fraction of sp³-hybridized carbons (Fsp3) is 0.238. The summed E-state index contributed by atoms with van der Waals surface area (Å²) in [4.78, 5) is 16.5. The molecule has 0 unspecified atom stereocenters. The first-order valence-electron chi connectivity index (χ1n) is 8.62. The van der Waals surface area contributed by atoms with Gasteiger partial charge in [-0.2, -0.15) is 0 Å². The molecule has 3 aromatic rings. The molecule has 0 atom stereocenters. The highest BCUT2D eigenvalue weighted by Gasteiger charge is 2.12. The van der Waals surface area contributed by atoms with Gasteiger partial charge in [0.2, 0.25) is 0 Å². The van der Waals surface area contributed by atoms with Gasteiger partial charge in [-0.1, -0.05) is 44.2 Å². The molecule has 0 aliphatic heterocycles. The predicted molar refractivity (Wildman–Crippen MR) is 105 cm³/mol. The molecule has 1 heterocycles. The lowest BCUT2D eigenvalue weighted by Gasteiger charge is -2.07. The van der Waals surface area contributed by atoms with E-state index in [4.69, 9.17) is 4.74 Å². The fourth-order valence-electron chi connectivity index (χ4n) is 2.33. The molecule has 0 saturated heterocycles. The van der Waals surface area contributed by atoms with Gasteiger partial charge in [-0.25, -0.2) is 4.98 Å². The summed E-state index contributed by atoms with van der Waals surface area (Å²) < 4.78 is 5.80. The molecule has 0 bridgehead atoms. The lowest BCUT2D eigenvalue weighted by atomic mass is 10.2. The molecule has 0 radical (unpaired) electrons. The van der Waals surface area contributed by atoms with Crippen molar-refractivity contribution in [3.8, 4) is 16.3 Å². The van der Waals surface area contributed by atoms with Crippen LogP contribution in [0.1, 0.15) is 29.9 Å². The average molecular weight is 366 g/mol. The van der Waals surface area contributed by atoms with Crippen LogP contribution in [-0.4, -0.2) is 17.4 Å². The Morgan fingerprint density at radius 1 is 1.12 bits per heavy atom. The first-order chi connectivity index (χ1) is 12.6. The van der Waals surface area contributed by atoms with E-state index in [1.165, 1.54) is 11.3 Å². The first-order valence-corrected chi connectivity index (χ1v) is 9.50. The Kier molecular flexibility index (Phi) is 6.02. The Bertz CT molecular complexity index is 842. The van der Waals surface area contributed by atoms with Gasteiger partial charge in [0.05, 0.1) is 0 Å². The molecule has 26 heavy (non-hydrogen) atoms. The Morgan fingerprint density at radius 2 is 1.85 bits per heavy atom. The summed E-state index contributed by atoms with van der Waals surface area (Å²) in [7, 11) is 0. The van der Waals surface area contributed by atoms with Gasteiger partial charge in [-0.3, -0.25) is 4.79 Å². The molecular formula is C21H22N2O2S. The highest BCUT2D eigenvalue weighted by atomic mass is 32.1. The third-order valence-electron chi connectivity index (χ3n) is 3.76. The molecule has 3 rings (SSSR count). The number of thiazole rings is 1. The van der Waals surface area contributed by atoms with Crippen molar-refractivity contribution in [1.29, 1.82) is 0 Å². The molecule has 0 aliphatic carbocycles. The lowest BCUT2D eigenvalue weighted by Crippen LogP contribution is -2.27. The fourth-order valence-corrected chi connectivity index (χ4v) is 3.14. The van der Waals surface area contributed by atoms with E-state index in [9.17, 15) is 4.79 Å². The van der Waals surface area contributed by atoms with Gasteiger partial charge in [0, 0.05) is 17.5 Å². The first kappa shape index (κ1) is 18.1. The van der Waals surface area contributed by atoms with E-state index in [1.807, 2.05) is 54.6 Å². The van der Waals surface area contributed by atoms with Gasteiger partial charge < -0.3 is 10.1 Å². The zero-order valence-electron chi connectivity index (χ0n) is 14.9. The second-order valence-corrected chi connectivity index (χ2v) is 7.30. The summed E-state index contributed by atoms with van der Waals surface area (Å²) in [5, 5.41) is 5.51. The molecule has 5 heteroatoms. The minimum absolute atomic E-state index is 0.121. The zero-order valence-corrected chi connectivity index (χ0v) is 15.8. The number of hydrogen-bond acceptors (Lipinski definition) is 4. The maximum atomic E-state index is 12.1. The van der Waals surface area contributed by atoms with Crippen LogP contribution in [0.2, 0.25) is 0 Å². The molecule has 0 saturated carbocycles.